The van der Waals surface area contributed by atoms with Crippen LogP contribution < -0.4 is 10.9 Å². The number of carbonyl (C=O) groups is 1. The van der Waals surface area contributed by atoms with Crippen molar-refractivity contribution >= 4 is 5.91 Å². The van der Waals surface area contributed by atoms with E-state index in [2.05, 4.69) is 5.32 Å². The first-order valence-electron chi connectivity index (χ1n) is 6.79. The van der Waals surface area contributed by atoms with E-state index in [0.29, 0.717) is 12.0 Å². The molecule has 1 aromatic heterocycles. The normalized spacial score (nSPS) is 20.1. The van der Waals surface area contributed by atoms with E-state index in [-0.39, 0.29) is 11.5 Å². The van der Waals surface area contributed by atoms with Gasteiger partial charge in [0.1, 0.15) is 0 Å². The average Bonchev–Trinajstić information content (AvgIpc) is 2.78. The second-order valence-corrected chi connectivity index (χ2v) is 5.29. The molecular formula is C16H16N2O3. The van der Waals surface area contributed by atoms with E-state index in [1.54, 1.807) is 7.05 Å². The Kier molecular flexibility index (Phi) is 3.35. The van der Waals surface area contributed by atoms with Crippen LogP contribution in [-0.4, -0.2) is 21.7 Å². The molecular weight excluding hydrogens is 268 g/mol. The summed E-state index contributed by atoms with van der Waals surface area (Å²) in [5.74, 6) is -0.300. The zero-order valence-electron chi connectivity index (χ0n) is 11.6. The van der Waals surface area contributed by atoms with E-state index >= 15 is 0 Å². The van der Waals surface area contributed by atoms with Gasteiger partial charge < -0.3 is 15.0 Å². The third-order valence-corrected chi connectivity index (χ3v) is 3.84. The fourth-order valence-corrected chi connectivity index (χ4v) is 2.70. The van der Waals surface area contributed by atoms with E-state index in [1.807, 2.05) is 24.3 Å². The monoisotopic (exact) mass is 284 g/mol. The number of hydrogen-bond acceptors (Lipinski definition) is 3. The second kappa shape index (κ2) is 5.18. The van der Waals surface area contributed by atoms with Crippen molar-refractivity contribution in [2.75, 3.05) is 0 Å². The van der Waals surface area contributed by atoms with Gasteiger partial charge >= 0.3 is 0 Å². The number of fused-ring (bicyclic) bond motifs is 1. The number of pyridine rings is 1. The van der Waals surface area contributed by atoms with Gasteiger partial charge in [0.05, 0.1) is 17.7 Å². The summed E-state index contributed by atoms with van der Waals surface area (Å²) in [7, 11) is 1.60. The number of aliphatic hydroxyl groups excluding tert-OH is 1. The molecule has 1 heterocycles. The van der Waals surface area contributed by atoms with Crippen molar-refractivity contribution in [2.24, 2.45) is 7.05 Å². The van der Waals surface area contributed by atoms with E-state index < -0.39 is 12.1 Å². The molecule has 2 N–H and O–H groups in total. The Balaban J connectivity index is 1.85. The first-order valence-corrected chi connectivity index (χ1v) is 6.79. The lowest BCUT2D eigenvalue weighted by Gasteiger charge is -2.18. The highest BCUT2D eigenvalue weighted by Crippen LogP contribution is 2.31. The molecule has 5 nitrogen and oxygen atoms in total. The predicted octanol–water partition coefficient (Wildman–Crippen LogP) is 0.773. The fourth-order valence-electron chi connectivity index (χ4n) is 2.70. The third-order valence-electron chi connectivity index (χ3n) is 3.84. The molecule has 0 fully saturated rings. The van der Waals surface area contributed by atoms with Crippen molar-refractivity contribution in [1.82, 2.24) is 9.88 Å². The minimum atomic E-state index is -0.626. The molecule has 2 aromatic rings. The van der Waals surface area contributed by atoms with Crippen LogP contribution in [-0.2, 0) is 13.5 Å². The predicted molar refractivity (Wildman–Crippen MR) is 78.0 cm³/mol. The molecule has 0 spiro atoms. The maximum Gasteiger partial charge on any atom is 0.253 e. The molecule has 1 aliphatic carbocycles. The molecule has 0 radical (unpaired) electrons. The number of amides is 1. The molecule has 0 saturated heterocycles. The van der Waals surface area contributed by atoms with Crippen molar-refractivity contribution in [2.45, 2.75) is 18.6 Å². The molecule has 0 saturated carbocycles. The van der Waals surface area contributed by atoms with Crippen molar-refractivity contribution in [3.05, 3.63) is 69.6 Å². The lowest BCUT2D eigenvalue weighted by Crippen LogP contribution is -2.34. The van der Waals surface area contributed by atoms with Crippen LogP contribution in [0.3, 0.4) is 0 Å². The summed E-state index contributed by atoms with van der Waals surface area (Å²) in [6.45, 7) is 0. The minimum Gasteiger partial charge on any atom is -0.390 e. The summed E-state index contributed by atoms with van der Waals surface area (Å²) in [6.07, 6.45) is 1.40. The number of nitrogens with one attached hydrogen (secondary N) is 1. The number of hydrogen-bond donors (Lipinski definition) is 2. The van der Waals surface area contributed by atoms with Gasteiger partial charge in [-0.3, -0.25) is 9.59 Å². The SMILES string of the molecule is Cn1cc(C(=O)N[C@H]2c3ccccc3C[C@H]2O)ccc1=O. The number of nitrogens with zero attached hydrogens (tertiary/aromatic N) is 1. The summed E-state index contributed by atoms with van der Waals surface area (Å²) in [5.41, 5.74) is 2.23. The van der Waals surface area contributed by atoms with Crippen molar-refractivity contribution in [1.29, 1.82) is 0 Å². The van der Waals surface area contributed by atoms with Crippen LogP contribution in [0.25, 0.3) is 0 Å². The molecule has 21 heavy (non-hydrogen) atoms. The standard InChI is InChI=1S/C16H16N2O3/c1-18-9-11(6-7-14(18)20)16(21)17-15-12-5-3-2-4-10(12)8-13(15)19/h2-7,9,13,15,19H,8H2,1H3,(H,17,21)/t13-,15+/m1/s1. The van der Waals surface area contributed by atoms with Crippen LogP contribution in [0.15, 0.2) is 47.4 Å². The van der Waals surface area contributed by atoms with Gasteiger partial charge in [0, 0.05) is 25.7 Å². The quantitative estimate of drug-likeness (QED) is 0.856. The molecule has 1 aliphatic rings. The van der Waals surface area contributed by atoms with Gasteiger partial charge in [0.15, 0.2) is 0 Å². The highest BCUT2D eigenvalue weighted by atomic mass is 16.3. The molecule has 1 aromatic carbocycles. The lowest BCUT2D eigenvalue weighted by molar-refractivity contribution is 0.0857. The van der Waals surface area contributed by atoms with Crippen LogP contribution in [0.1, 0.15) is 27.5 Å². The summed E-state index contributed by atoms with van der Waals surface area (Å²) >= 11 is 0. The Bertz CT molecular complexity index is 751. The summed E-state index contributed by atoms with van der Waals surface area (Å²) in [6, 6.07) is 10.1. The summed E-state index contributed by atoms with van der Waals surface area (Å²) < 4.78 is 1.36. The molecule has 3 rings (SSSR count). The van der Waals surface area contributed by atoms with Crippen LogP contribution in [0, 0.1) is 0 Å². The van der Waals surface area contributed by atoms with Gasteiger partial charge in [-0.25, -0.2) is 0 Å². The van der Waals surface area contributed by atoms with Crippen LogP contribution in [0.4, 0.5) is 0 Å². The van der Waals surface area contributed by atoms with Crippen molar-refractivity contribution < 1.29 is 9.90 Å². The first kappa shape index (κ1) is 13.6. The molecule has 5 heteroatoms. The highest BCUT2D eigenvalue weighted by molar-refractivity contribution is 5.94. The zero-order valence-corrected chi connectivity index (χ0v) is 11.6. The maximum atomic E-state index is 12.3. The second-order valence-electron chi connectivity index (χ2n) is 5.29. The lowest BCUT2D eigenvalue weighted by atomic mass is 10.1. The largest absolute Gasteiger partial charge is 0.390 e. The Morgan fingerprint density at radius 1 is 1.29 bits per heavy atom. The maximum absolute atomic E-state index is 12.3. The van der Waals surface area contributed by atoms with Crippen molar-refractivity contribution in [3.8, 4) is 0 Å². The molecule has 0 aliphatic heterocycles. The van der Waals surface area contributed by atoms with Gasteiger partial charge in [0.25, 0.3) is 5.91 Å². The molecule has 108 valence electrons. The first-order chi connectivity index (χ1) is 10.1. The van der Waals surface area contributed by atoms with E-state index in [4.69, 9.17) is 0 Å². The Morgan fingerprint density at radius 3 is 2.81 bits per heavy atom. The Hall–Kier alpha value is -2.40. The van der Waals surface area contributed by atoms with E-state index in [9.17, 15) is 14.7 Å². The Labute approximate surface area is 121 Å². The molecule has 1 amide bonds. The van der Waals surface area contributed by atoms with Crippen molar-refractivity contribution in [3.63, 3.8) is 0 Å². The number of rotatable bonds is 2. The van der Waals surface area contributed by atoms with Gasteiger partial charge in [-0.15, -0.1) is 0 Å². The zero-order chi connectivity index (χ0) is 15.0. The van der Waals surface area contributed by atoms with Gasteiger partial charge in [0.2, 0.25) is 5.56 Å². The number of benzene rings is 1. The van der Waals surface area contributed by atoms with Crippen LogP contribution in [0.5, 0.6) is 0 Å². The smallest absolute Gasteiger partial charge is 0.253 e. The third kappa shape index (κ3) is 2.48. The van der Waals surface area contributed by atoms with Gasteiger partial charge in [-0.05, 0) is 17.2 Å². The fraction of sp³-hybridized carbons (Fsp3) is 0.250. The Morgan fingerprint density at radius 2 is 2.05 bits per heavy atom. The molecule has 0 unspecified atom stereocenters. The number of aryl methyl sites for hydroxylation is 1. The minimum absolute atomic E-state index is 0.169. The highest BCUT2D eigenvalue weighted by Gasteiger charge is 2.32. The van der Waals surface area contributed by atoms with Crippen LogP contribution in [0.2, 0.25) is 0 Å². The average molecular weight is 284 g/mol. The number of aliphatic hydroxyl groups is 1. The van der Waals surface area contributed by atoms with E-state index in [0.717, 1.165) is 11.1 Å². The summed E-state index contributed by atoms with van der Waals surface area (Å²) in [5, 5.41) is 13.0. The summed E-state index contributed by atoms with van der Waals surface area (Å²) in [4.78, 5) is 23.6. The van der Waals surface area contributed by atoms with E-state index in [1.165, 1.54) is 22.9 Å². The molecule has 0 bridgehead atoms. The number of aromatic nitrogens is 1. The van der Waals surface area contributed by atoms with Crippen LogP contribution >= 0.6 is 0 Å². The number of carbonyl (C=O) groups excluding carboxylic acids is 1. The molecule has 2 atom stereocenters. The van der Waals surface area contributed by atoms with Gasteiger partial charge in [-0.2, -0.15) is 0 Å². The van der Waals surface area contributed by atoms with Gasteiger partial charge in [-0.1, -0.05) is 24.3 Å². The topological polar surface area (TPSA) is 71.3 Å².